The zero-order valence-corrected chi connectivity index (χ0v) is 21.9. The van der Waals surface area contributed by atoms with Gasteiger partial charge in [0.05, 0.1) is 25.8 Å². The number of amides is 1. The maximum Gasteiger partial charge on any atom is 0.236 e. The molecule has 8 heteroatoms. The highest BCUT2D eigenvalue weighted by Gasteiger charge is 2.48. The fraction of sp³-hybridized carbons (Fsp3) is 0.679. The number of carbonyl (C=O) groups is 1. The molecule has 0 radical (unpaired) electrons. The van der Waals surface area contributed by atoms with Crippen LogP contribution in [0.5, 0.6) is 0 Å². The fourth-order valence-corrected chi connectivity index (χ4v) is 6.02. The van der Waals surface area contributed by atoms with Crippen molar-refractivity contribution >= 4 is 5.91 Å². The fourth-order valence-electron chi connectivity index (χ4n) is 6.02. The molecule has 3 fully saturated rings. The summed E-state index contributed by atoms with van der Waals surface area (Å²) < 4.78 is 11.6. The molecule has 1 aromatic carbocycles. The van der Waals surface area contributed by atoms with Crippen LogP contribution in [0.4, 0.5) is 0 Å². The summed E-state index contributed by atoms with van der Waals surface area (Å²) in [6, 6.07) is 10.8. The van der Waals surface area contributed by atoms with Crippen LogP contribution in [-0.4, -0.2) is 89.8 Å². The number of likely N-dealkylation sites (tertiary alicyclic amines) is 2. The number of nitrogens with zero attached hydrogens (tertiary/aromatic N) is 5. The molecule has 196 valence electrons. The Kier molecular flexibility index (Phi) is 8.03. The molecule has 3 aliphatic heterocycles. The van der Waals surface area contributed by atoms with Crippen LogP contribution >= 0.6 is 0 Å². The summed E-state index contributed by atoms with van der Waals surface area (Å²) in [7, 11) is 0. The highest BCUT2D eigenvalue weighted by molar-refractivity contribution is 5.78. The summed E-state index contributed by atoms with van der Waals surface area (Å²) in [6.45, 7) is 11.5. The van der Waals surface area contributed by atoms with Crippen molar-refractivity contribution in [3.05, 3.63) is 47.7 Å². The molecule has 3 aliphatic rings. The van der Waals surface area contributed by atoms with Gasteiger partial charge in [0.1, 0.15) is 0 Å². The highest BCUT2D eigenvalue weighted by Crippen LogP contribution is 2.48. The van der Waals surface area contributed by atoms with E-state index in [0.29, 0.717) is 44.6 Å². The molecule has 1 aromatic heterocycles. The summed E-state index contributed by atoms with van der Waals surface area (Å²) in [5.41, 5.74) is 1.63. The van der Waals surface area contributed by atoms with Crippen LogP contribution in [0.15, 0.2) is 34.7 Å². The molecule has 5 rings (SSSR count). The Morgan fingerprint density at radius 3 is 2.53 bits per heavy atom. The number of aromatic nitrogens is 2. The number of hydrogen-bond donors (Lipinski definition) is 0. The minimum atomic E-state index is 0.0135. The summed E-state index contributed by atoms with van der Waals surface area (Å²) in [5, 5.41) is 8.74. The number of carbonyl (C=O) groups excluding carboxylic acids is 1. The first-order valence-electron chi connectivity index (χ1n) is 13.7. The minimum absolute atomic E-state index is 0.0135. The summed E-state index contributed by atoms with van der Waals surface area (Å²) in [6.07, 6.45) is 5.63. The lowest BCUT2D eigenvalue weighted by atomic mass is 9.76. The maximum atomic E-state index is 13.2. The van der Waals surface area contributed by atoms with Crippen molar-refractivity contribution < 1.29 is 13.9 Å². The molecule has 0 saturated carbocycles. The standard InChI is InChI=1S/C28H41N5O3/c1-22(2)26-29-30-27(36-26)24-19-28(21-33(24)20-25(34)32-15-17-35-18-16-32)10-13-31(14-11-28)12-6-9-23-7-4-3-5-8-23/h3-5,7-8,22,24H,6,9-21H2,1-2H3. The van der Waals surface area contributed by atoms with Crippen molar-refractivity contribution in [2.75, 3.05) is 59.0 Å². The van der Waals surface area contributed by atoms with Gasteiger partial charge < -0.3 is 19.0 Å². The number of ether oxygens (including phenoxy) is 1. The predicted molar refractivity (Wildman–Crippen MR) is 138 cm³/mol. The molecule has 8 nitrogen and oxygen atoms in total. The maximum absolute atomic E-state index is 13.2. The molecule has 3 saturated heterocycles. The SMILES string of the molecule is CC(C)c1nnc(C2CC3(CCN(CCCc4ccccc4)CC3)CN2CC(=O)N2CCOCC2)o1. The van der Waals surface area contributed by atoms with Crippen molar-refractivity contribution in [3.8, 4) is 0 Å². The monoisotopic (exact) mass is 495 g/mol. The molecule has 0 aliphatic carbocycles. The topological polar surface area (TPSA) is 74.9 Å². The number of aryl methyl sites for hydroxylation is 1. The van der Waals surface area contributed by atoms with E-state index in [-0.39, 0.29) is 23.3 Å². The number of rotatable bonds is 8. The third-order valence-electron chi connectivity index (χ3n) is 8.24. The summed E-state index contributed by atoms with van der Waals surface area (Å²) in [5.74, 6) is 1.74. The summed E-state index contributed by atoms with van der Waals surface area (Å²) in [4.78, 5) is 20.0. The molecule has 0 N–H and O–H groups in total. The van der Waals surface area contributed by atoms with E-state index in [0.717, 1.165) is 51.9 Å². The lowest BCUT2D eigenvalue weighted by molar-refractivity contribution is -0.136. The smallest absolute Gasteiger partial charge is 0.236 e. The number of morpholine rings is 1. The van der Waals surface area contributed by atoms with Gasteiger partial charge in [-0.25, -0.2) is 0 Å². The van der Waals surface area contributed by atoms with Crippen molar-refractivity contribution in [2.24, 2.45) is 5.41 Å². The van der Waals surface area contributed by atoms with E-state index in [9.17, 15) is 4.79 Å². The average molecular weight is 496 g/mol. The largest absolute Gasteiger partial charge is 0.423 e. The van der Waals surface area contributed by atoms with Gasteiger partial charge in [0.15, 0.2) is 0 Å². The molecule has 1 spiro atoms. The van der Waals surface area contributed by atoms with Gasteiger partial charge in [0.25, 0.3) is 0 Å². The third-order valence-corrected chi connectivity index (χ3v) is 8.24. The van der Waals surface area contributed by atoms with E-state index in [1.807, 2.05) is 4.90 Å². The van der Waals surface area contributed by atoms with Crippen molar-refractivity contribution in [3.63, 3.8) is 0 Å². The molecule has 1 atom stereocenters. The van der Waals surface area contributed by atoms with Crippen LogP contribution in [0.25, 0.3) is 0 Å². The normalized spacial score (nSPS) is 23.1. The van der Waals surface area contributed by atoms with Crippen LogP contribution in [0.1, 0.15) is 68.8 Å². The van der Waals surface area contributed by atoms with Gasteiger partial charge in [-0.05, 0) is 62.7 Å². The Bertz CT molecular complexity index is 980. The first-order chi connectivity index (χ1) is 17.5. The predicted octanol–water partition coefficient (Wildman–Crippen LogP) is 3.51. The number of piperidine rings is 1. The third kappa shape index (κ3) is 5.98. The zero-order chi connectivity index (χ0) is 25.0. The van der Waals surface area contributed by atoms with Gasteiger partial charge >= 0.3 is 0 Å². The second kappa shape index (κ2) is 11.4. The molecular weight excluding hydrogens is 454 g/mol. The lowest BCUT2D eigenvalue weighted by Gasteiger charge is -2.39. The van der Waals surface area contributed by atoms with E-state index < -0.39 is 0 Å². The van der Waals surface area contributed by atoms with Crippen molar-refractivity contribution in [2.45, 2.75) is 57.9 Å². The zero-order valence-electron chi connectivity index (χ0n) is 21.9. The van der Waals surface area contributed by atoms with E-state index in [1.165, 1.54) is 12.0 Å². The second-order valence-corrected chi connectivity index (χ2v) is 11.2. The minimum Gasteiger partial charge on any atom is -0.423 e. The van der Waals surface area contributed by atoms with Gasteiger partial charge in [-0.3, -0.25) is 9.69 Å². The highest BCUT2D eigenvalue weighted by atomic mass is 16.5. The number of benzene rings is 1. The van der Waals surface area contributed by atoms with Crippen LogP contribution < -0.4 is 0 Å². The first-order valence-corrected chi connectivity index (χ1v) is 13.7. The van der Waals surface area contributed by atoms with Crippen molar-refractivity contribution in [1.82, 2.24) is 24.9 Å². The molecule has 36 heavy (non-hydrogen) atoms. The molecule has 2 aromatic rings. The van der Waals surface area contributed by atoms with Gasteiger partial charge in [0.2, 0.25) is 17.7 Å². The van der Waals surface area contributed by atoms with Crippen LogP contribution in [0.2, 0.25) is 0 Å². The first kappa shape index (κ1) is 25.4. The quantitative estimate of drug-likeness (QED) is 0.555. The van der Waals surface area contributed by atoms with Crippen LogP contribution in [-0.2, 0) is 16.0 Å². The van der Waals surface area contributed by atoms with Crippen LogP contribution in [0.3, 0.4) is 0 Å². The Labute approximate surface area is 215 Å². The Morgan fingerprint density at radius 1 is 1.08 bits per heavy atom. The van der Waals surface area contributed by atoms with E-state index in [1.54, 1.807) is 0 Å². The number of hydrogen-bond acceptors (Lipinski definition) is 7. The Hall–Kier alpha value is -2.29. The van der Waals surface area contributed by atoms with Crippen LogP contribution in [0, 0.1) is 5.41 Å². The molecule has 4 heterocycles. The van der Waals surface area contributed by atoms with E-state index in [4.69, 9.17) is 9.15 Å². The van der Waals surface area contributed by atoms with Gasteiger partial charge in [-0.1, -0.05) is 44.2 Å². The van der Waals surface area contributed by atoms with E-state index >= 15 is 0 Å². The second-order valence-electron chi connectivity index (χ2n) is 11.2. The Morgan fingerprint density at radius 2 is 1.83 bits per heavy atom. The summed E-state index contributed by atoms with van der Waals surface area (Å²) >= 11 is 0. The van der Waals surface area contributed by atoms with Crippen molar-refractivity contribution in [1.29, 1.82) is 0 Å². The average Bonchev–Trinajstić information content (AvgIpc) is 3.52. The Balaban J connectivity index is 1.21. The molecule has 0 bridgehead atoms. The van der Waals surface area contributed by atoms with E-state index in [2.05, 4.69) is 64.2 Å². The van der Waals surface area contributed by atoms with Gasteiger partial charge in [-0.15, -0.1) is 10.2 Å². The molecular formula is C28H41N5O3. The van der Waals surface area contributed by atoms with Gasteiger partial charge in [-0.2, -0.15) is 0 Å². The van der Waals surface area contributed by atoms with Gasteiger partial charge in [0, 0.05) is 25.6 Å². The molecule has 1 amide bonds. The molecule has 1 unspecified atom stereocenters. The lowest BCUT2D eigenvalue weighted by Crippen LogP contribution is -2.46.